The lowest BCUT2D eigenvalue weighted by molar-refractivity contribution is 0.432. The quantitative estimate of drug-likeness (QED) is 0.834. The van der Waals surface area contributed by atoms with Gasteiger partial charge in [0.2, 0.25) is 10.0 Å². The lowest BCUT2D eigenvalue weighted by Crippen LogP contribution is -2.20. The number of phenols is 1. The largest absolute Gasteiger partial charge is 0.505 e. The van der Waals surface area contributed by atoms with Gasteiger partial charge >= 0.3 is 0 Å². The summed E-state index contributed by atoms with van der Waals surface area (Å²) in [7, 11) is -3.61. The molecule has 21 heavy (non-hydrogen) atoms. The van der Waals surface area contributed by atoms with Crippen LogP contribution in [0.2, 0.25) is 0 Å². The van der Waals surface area contributed by atoms with E-state index in [1.54, 1.807) is 0 Å². The maximum atomic E-state index is 13.2. The van der Waals surface area contributed by atoms with Crippen LogP contribution in [-0.4, -0.2) is 19.3 Å². The minimum atomic E-state index is -3.61. The zero-order chi connectivity index (χ0) is 15.5. The molecule has 2 N–H and O–H groups in total. The number of sulfonamides is 1. The number of halogens is 1. The summed E-state index contributed by atoms with van der Waals surface area (Å²) < 4.78 is 39.7. The maximum Gasteiger partial charge on any atom is 0.233 e. The van der Waals surface area contributed by atoms with Crippen molar-refractivity contribution in [3.8, 4) is 5.75 Å². The summed E-state index contributed by atoms with van der Waals surface area (Å²) in [5, 5.41) is 9.08. The minimum absolute atomic E-state index is 0.0885. The molecule has 2 aromatic rings. The van der Waals surface area contributed by atoms with Crippen molar-refractivity contribution >= 4 is 15.7 Å². The van der Waals surface area contributed by atoms with Crippen molar-refractivity contribution in [1.29, 1.82) is 0 Å². The van der Waals surface area contributed by atoms with Gasteiger partial charge in [-0.1, -0.05) is 37.3 Å². The van der Waals surface area contributed by atoms with Crippen molar-refractivity contribution in [3.05, 3.63) is 59.9 Å². The number of hydrogen-bond acceptors (Lipinski definition) is 3. The first-order valence-corrected chi connectivity index (χ1v) is 8.06. The number of rotatable bonds is 5. The average molecular weight is 309 g/mol. The molecule has 0 aliphatic rings. The Morgan fingerprint density at radius 3 is 2.48 bits per heavy atom. The molecule has 4 nitrogen and oxygen atoms in total. The predicted molar refractivity (Wildman–Crippen MR) is 80.3 cm³/mol. The summed E-state index contributed by atoms with van der Waals surface area (Å²) >= 11 is 0. The summed E-state index contributed by atoms with van der Waals surface area (Å²) in [6, 6.07) is 12.6. The Balaban J connectivity index is 2.10. The number of benzene rings is 2. The third-order valence-electron chi connectivity index (χ3n) is 3.06. The van der Waals surface area contributed by atoms with Crippen LogP contribution in [0, 0.1) is 5.82 Å². The van der Waals surface area contributed by atoms with Crippen molar-refractivity contribution in [2.45, 2.75) is 12.8 Å². The number of anilines is 1. The summed E-state index contributed by atoms with van der Waals surface area (Å²) in [4.78, 5) is 0. The third kappa shape index (κ3) is 4.19. The Bertz CT molecular complexity index is 717. The highest BCUT2D eigenvalue weighted by Crippen LogP contribution is 2.22. The summed E-state index contributed by atoms with van der Waals surface area (Å²) in [5.41, 5.74) is 1.00. The fourth-order valence-electron chi connectivity index (χ4n) is 2.00. The van der Waals surface area contributed by atoms with Crippen molar-refractivity contribution < 1.29 is 17.9 Å². The molecule has 0 fully saturated rings. The Hall–Kier alpha value is -2.08. The highest BCUT2D eigenvalue weighted by atomic mass is 32.2. The van der Waals surface area contributed by atoms with Crippen LogP contribution in [0.15, 0.2) is 48.5 Å². The number of hydrogen-bond donors (Lipinski definition) is 2. The van der Waals surface area contributed by atoms with E-state index in [0.717, 1.165) is 17.7 Å². The van der Waals surface area contributed by atoms with Crippen LogP contribution < -0.4 is 4.72 Å². The standard InChI is InChI=1S/C15H16FNO3S/c1-11(12-5-3-2-4-6-12)10-21(19,20)17-13-7-8-15(18)14(16)9-13/h2-9,11,17-18H,10H2,1H3. The fraction of sp³-hybridized carbons (Fsp3) is 0.200. The molecule has 112 valence electrons. The van der Waals surface area contributed by atoms with E-state index in [-0.39, 0.29) is 17.4 Å². The highest BCUT2D eigenvalue weighted by Gasteiger charge is 2.17. The smallest absolute Gasteiger partial charge is 0.233 e. The van der Waals surface area contributed by atoms with Crippen molar-refractivity contribution in [2.75, 3.05) is 10.5 Å². The van der Waals surface area contributed by atoms with Crippen LogP contribution in [0.3, 0.4) is 0 Å². The van der Waals surface area contributed by atoms with Crippen LogP contribution in [0.25, 0.3) is 0 Å². The molecule has 0 bridgehead atoms. The Kier molecular flexibility index (Phi) is 4.47. The van der Waals surface area contributed by atoms with Crippen LogP contribution in [-0.2, 0) is 10.0 Å². The zero-order valence-electron chi connectivity index (χ0n) is 11.5. The van der Waals surface area contributed by atoms with Crippen LogP contribution >= 0.6 is 0 Å². The minimum Gasteiger partial charge on any atom is -0.505 e. The van der Waals surface area contributed by atoms with Crippen LogP contribution in [0.4, 0.5) is 10.1 Å². The van der Waals surface area contributed by atoms with E-state index in [2.05, 4.69) is 4.72 Å². The SMILES string of the molecule is CC(CS(=O)(=O)Nc1ccc(O)c(F)c1)c1ccccc1. The molecule has 2 aromatic carbocycles. The first-order chi connectivity index (χ1) is 9.87. The molecule has 0 amide bonds. The molecule has 0 spiro atoms. The molecule has 0 radical (unpaired) electrons. The van der Waals surface area contributed by atoms with Crippen molar-refractivity contribution in [2.24, 2.45) is 0 Å². The average Bonchev–Trinajstić information content (AvgIpc) is 2.43. The second-order valence-corrected chi connectivity index (χ2v) is 6.63. The topological polar surface area (TPSA) is 66.4 Å². The summed E-state index contributed by atoms with van der Waals surface area (Å²) in [6.07, 6.45) is 0. The maximum absolute atomic E-state index is 13.2. The van der Waals surface area contributed by atoms with Gasteiger partial charge in [0.1, 0.15) is 0 Å². The van der Waals surface area contributed by atoms with Crippen molar-refractivity contribution in [1.82, 2.24) is 0 Å². The Morgan fingerprint density at radius 2 is 1.86 bits per heavy atom. The molecule has 0 aliphatic heterocycles. The van der Waals surface area contributed by atoms with Gasteiger partial charge in [-0.3, -0.25) is 4.72 Å². The van der Waals surface area contributed by atoms with Gasteiger partial charge in [0.15, 0.2) is 11.6 Å². The van der Waals surface area contributed by atoms with E-state index in [1.165, 1.54) is 6.07 Å². The van der Waals surface area contributed by atoms with E-state index < -0.39 is 21.6 Å². The molecular formula is C15H16FNO3S. The number of aromatic hydroxyl groups is 1. The molecule has 0 heterocycles. The van der Waals surface area contributed by atoms with Gasteiger partial charge in [0, 0.05) is 6.07 Å². The second-order valence-electron chi connectivity index (χ2n) is 4.86. The van der Waals surface area contributed by atoms with Crippen molar-refractivity contribution in [3.63, 3.8) is 0 Å². The van der Waals surface area contributed by atoms with Crippen LogP contribution in [0.5, 0.6) is 5.75 Å². The van der Waals surface area contributed by atoms with E-state index in [0.29, 0.717) is 0 Å². The van der Waals surface area contributed by atoms with Gasteiger partial charge in [0.05, 0.1) is 11.4 Å². The van der Waals surface area contributed by atoms with E-state index >= 15 is 0 Å². The van der Waals surface area contributed by atoms with Crippen LogP contribution in [0.1, 0.15) is 18.4 Å². The highest BCUT2D eigenvalue weighted by molar-refractivity contribution is 7.92. The van der Waals surface area contributed by atoms with Gasteiger partial charge in [-0.2, -0.15) is 0 Å². The lowest BCUT2D eigenvalue weighted by Gasteiger charge is -2.14. The molecule has 1 atom stereocenters. The first kappa shape index (κ1) is 15.3. The number of nitrogens with one attached hydrogen (secondary N) is 1. The third-order valence-corrected chi connectivity index (χ3v) is 4.54. The van der Waals surface area contributed by atoms with Gasteiger partial charge in [-0.05, 0) is 23.6 Å². The van der Waals surface area contributed by atoms with Gasteiger partial charge in [-0.15, -0.1) is 0 Å². The summed E-state index contributed by atoms with van der Waals surface area (Å²) in [5.74, 6) is -1.69. The molecule has 6 heteroatoms. The monoisotopic (exact) mass is 309 g/mol. The van der Waals surface area contributed by atoms with Gasteiger partial charge < -0.3 is 5.11 Å². The molecule has 2 rings (SSSR count). The zero-order valence-corrected chi connectivity index (χ0v) is 12.3. The van der Waals surface area contributed by atoms with Gasteiger partial charge in [0.25, 0.3) is 0 Å². The molecule has 0 saturated carbocycles. The van der Waals surface area contributed by atoms with Gasteiger partial charge in [-0.25, -0.2) is 12.8 Å². The summed E-state index contributed by atoms with van der Waals surface area (Å²) in [6.45, 7) is 1.81. The number of phenolic OH excluding ortho intramolecular Hbond substituents is 1. The first-order valence-electron chi connectivity index (χ1n) is 6.41. The molecule has 1 unspecified atom stereocenters. The Labute approximate surface area is 123 Å². The van der Waals surface area contributed by atoms with E-state index in [9.17, 15) is 12.8 Å². The fourth-order valence-corrected chi connectivity index (χ4v) is 3.42. The predicted octanol–water partition coefficient (Wildman–Crippen LogP) is 3.08. The second kappa shape index (κ2) is 6.13. The molecular weight excluding hydrogens is 293 g/mol. The molecule has 0 aliphatic carbocycles. The molecule has 0 saturated heterocycles. The van der Waals surface area contributed by atoms with E-state index in [4.69, 9.17) is 5.11 Å². The Morgan fingerprint density at radius 1 is 1.19 bits per heavy atom. The normalized spacial score (nSPS) is 12.9. The molecule has 0 aromatic heterocycles. The van der Waals surface area contributed by atoms with E-state index in [1.807, 2.05) is 37.3 Å². The lowest BCUT2D eigenvalue weighted by atomic mass is 10.0.